The average Bonchev–Trinajstić information content (AvgIpc) is 3.89. The molecule has 4 heterocycles. The highest BCUT2D eigenvalue weighted by molar-refractivity contribution is 5.97. The van der Waals surface area contributed by atoms with Crippen molar-refractivity contribution in [3.8, 4) is 0 Å². The van der Waals surface area contributed by atoms with E-state index in [9.17, 15) is 42.7 Å². The van der Waals surface area contributed by atoms with Gasteiger partial charge in [-0.25, -0.2) is 8.78 Å². The third-order valence-corrected chi connectivity index (χ3v) is 12.4. The van der Waals surface area contributed by atoms with Crippen molar-refractivity contribution in [3.05, 3.63) is 35.4 Å². The third kappa shape index (κ3) is 10.7. The maximum Gasteiger partial charge on any atom is 0.248 e. The number of aliphatic hydroxyl groups excluding tert-OH is 1. The molecule has 1 aromatic rings. The number of carbonyl (C=O) groups is 6. The molecule has 14 nitrogen and oxygen atoms in total. The van der Waals surface area contributed by atoms with Crippen LogP contribution in [0.1, 0.15) is 109 Å². The van der Waals surface area contributed by atoms with E-state index in [-0.39, 0.29) is 24.9 Å². The molecule has 0 bridgehead atoms. The molecule has 0 spiro atoms. The largest absolute Gasteiger partial charge is 0.366 e. The number of piperidine rings is 1. The lowest BCUT2D eigenvalue weighted by atomic mass is 9.86. The monoisotopic (exact) mass is 800 g/mol. The fourth-order valence-corrected chi connectivity index (χ4v) is 9.35. The van der Waals surface area contributed by atoms with Gasteiger partial charge in [0.1, 0.15) is 41.8 Å². The second-order valence-electron chi connectivity index (χ2n) is 16.5. The summed E-state index contributed by atoms with van der Waals surface area (Å²) in [6.07, 6.45) is 9.03. The number of amides is 6. The standard InChI is InChI=1S/C41H58F2N6O8/c1-25-38(53)49-19-9-15-34(49)41(56)57-24-31(39(54)48-18-8-14-33(48)40(55)47-17-6-5-13-32(47)37(52)44-25)46-36(51)30(22-27-20-28(42)23-29(43)21-27)45-35(50)16-7-12-26-10-3-2-4-11-26/h20-21,23,25-26,30-34,41,56H,2-19,22,24H2,1H3,(H,44,52)(H,45,50)(H,46,51)/t25-,30-,31-,32-,33-,34-,41?/m0/s1. The molecule has 0 aromatic heterocycles. The third-order valence-electron chi connectivity index (χ3n) is 12.4. The Morgan fingerprint density at radius 3 is 2.23 bits per heavy atom. The number of aliphatic hydroxyl groups is 1. The summed E-state index contributed by atoms with van der Waals surface area (Å²) in [4.78, 5) is 87.7. The van der Waals surface area contributed by atoms with Crippen LogP contribution in [0.25, 0.3) is 0 Å². The lowest BCUT2D eigenvalue weighted by Gasteiger charge is -2.39. The van der Waals surface area contributed by atoms with Gasteiger partial charge in [0.05, 0.1) is 12.6 Å². The minimum atomic E-state index is -1.57. The number of ether oxygens (including phenoxy) is 1. The Labute approximate surface area is 332 Å². The Kier molecular flexibility index (Phi) is 14.5. The zero-order valence-corrected chi connectivity index (χ0v) is 32.9. The summed E-state index contributed by atoms with van der Waals surface area (Å²) >= 11 is 0. The molecule has 4 saturated heterocycles. The van der Waals surface area contributed by atoms with E-state index in [1.807, 2.05) is 0 Å². The highest BCUT2D eigenvalue weighted by Crippen LogP contribution is 2.29. The van der Waals surface area contributed by atoms with E-state index in [4.69, 9.17) is 4.74 Å². The molecule has 4 N–H and O–H groups in total. The average molecular weight is 801 g/mol. The summed E-state index contributed by atoms with van der Waals surface area (Å²) in [5.41, 5.74) is 0.108. The van der Waals surface area contributed by atoms with E-state index in [1.165, 1.54) is 34.0 Å². The minimum Gasteiger partial charge on any atom is -0.366 e. The van der Waals surface area contributed by atoms with Gasteiger partial charge >= 0.3 is 0 Å². The lowest BCUT2D eigenvalue weighted by molar-refractivity contribution is -0.166. The van der Waals surface area contributed by atoms with E-state index in [0.29, 0.717) is 76.4 Å². The van der Waals surface area contributed by atoms with Crippen LogP contribution in [0.4, 0.5) is 8.78 Å². The molecule has 57 heavy (non-hydrogen) atoms. The van der Waals surface area contributed by atoms with Gasteiger partial charge in [-0.2, -0.15) is 0 Å². The summed E-state index contributed by atoms with van der Waals surface area (Å²) < 4.78 is 34.4. The van der Waals surface area contributed by atoms with Gasteiger partial charge in [-0.15, -0.1) is 0 Å². The first kappa shape index (κ1) is 42.4. The number of hydrogen-bond acceptors (Lipinski definition) is 8. The zero-order chi connectivity index (χ0) is 40.6. The van der Waals surface area contributed by atoms with Gasteiger partial charge < -0.3 is 40.5 Å². The Morgan fingerprint density at radius 2 is 1.47 bits per heavy atom. The van der Waals surface area contributed by atoms with Gasteiger partial charge in [-0.1, -0.05) is 32.1 Å². The quantitative estimate of drug-likeness (QED) is 0.295. The summed E-state index contributed by atoms with van der Waals surface area (Å²) in [7, 11) is 0. The van der Waals surface area contributed by atoms with E-state index in [0.717, 1.165) is 31.4 Å². The Balaban J connectivity index is 1.25. The molecular weight excluding hydrogens is 742 g/mol. The van der Waals surface area contributed by atoms with Crippen LogP contribution < -0.4 is 16.0 Å². The highest BCUT2D eigenvalue weighted by Gasteiger charge is 2.45. The smallest absolute Gasteiger partial charge is 0.248 e. The van der Waals surface area contributed by atoms with Crippen LogP contribution in [-0.4, -0.2) is 124 Å². The van der Waals surface area contributed by atoms with Crippen LogP contribution in [-0.2, 0) is 39.9 Å². The fourth-order valence-electron chi connectivity index (χ4n) is 9.35. The van der Waals surface area contributed by atoms with Gasteiger partial charge in [-0.05, 0) is 88.3 Å². The predicted octanol–water partition coefficient (Wildman–Crippen LogP) is 2.44. The Morgan fingerprint density at radius 1 is 0.825 bits per heavy atom. The highest BCUT2D eigenvalue weighted by atomic mass is 19.1. The number of carbonyl (C=O) groups excluding carboxylic acids is 6. The summed E-state index contributed by atoms with van der Waals surface area (Å²) in [5.74, 6) is -4.40. The van der Waals surface area contributed by atoms with E-state index >= 15 is 0 Å². The molecule has 6 amide bonds. The summed E-state index contributed by atoms with van der Waals surface area (Å²) in [6.45, 7) is 1.80. The zero-order valence-electron chi connectivity index (χ0n) is 32.9. The molecule has 6 rings (SSSR count). The number of halogens is 2. The van der Waals surface area contributed by atoms with E-state index < -0.39 is 96.2 Å². The van der Waals surface area contributed by atoms with E-state index in [1.54, 1.807) is 6.92 Å². The molecule has 1 unspecified atom stereocenters. The predicted molar refractivity (Wildman–Crippen MR) is 203 cm³/mol. The van der Waals surface area contributed by atoms with Crippen molar-refractivity contribution in [1.82, 2.24) is 30.7 Å². The van der Waals surface area contributed by atoms with Crippen LogP contribution in [0.5, 0.6) is 0 Å². The first-order chi connectivity index (χ1) is 27.4. The second-order valence-corrected chi connectivity index (χ2v) is 16.5. The maximum absolute atomic E-state index is 14.5. The van der Waals surface area contributed by atoms with Crippen molar-refractivity contribution >= 4 is 35.4 Å². The molecule has 5 aliphatic rings. The number of fused-ring (bicyclic) bond motifs is 3. The fraction of sp³-hybridized carbons (Fsp3) is 0.707. The minimum absolute atomic E-state index is 0.108. The molecule has 1 saturated carbocycles. The molecule has 1 aliphatic carbocycles. The lowest BCUT2D eigenvalue weighted by Crippen LogP contribution is -2.62. The molecule has 1 aromatic carbocycles. The molecular formula is C41H58F2N6O8. The van der Waals surface area contributed by atoms with Crippen molar-refractivity contribution in [2.45, 2.75) is 152 Å². The van der Waals surface area contributed by atoms with Crippen LogP contribution in [0.3, 0.4) is 0 Å². The number of nitrogens with zero attached hydrogens (tertiary/aromatic N) is 3. The topological polar surface area (TPSA) is 178 Å². The molecule has 0 radical (unpaired) electrons. The number of rotatable bonds is 9. The Bertz CT molecular complexity index is 1620. The molecule has 4 aliphatic heterocycles. The summed E-state index contributed by atoms with van der Waals surface area (Å²) in [5, 5.41) is 19.5. The first-order valence-corrected chi connectivity index (χ1v) is 21.0. The van der Waals surface area contributed by atoms with Gasteiger partial charge in [0, 0.05) is 38.5 Å². The molecule has 314 valence electrons. The van der Waals surface area contributed by atoms with Gasteiger partial charge in [0.15, 0.2) is 6.29 Å². The van der Waals surface area contributed by atoms with Crippen molar-refractivity contribution in [2.24, 2.45) is 5.92 Å². The number of nitrogens with one attached hydrogen (secondary N) is 3. The normalized spacial score (nSPS) is 28.7. The number of hydrogen-bond donors (Lipinski definition) is 4. The van der Waals surface area contributed by atoms with Crippen molar-refractivity contribution in [2.75, 3.05) is 26.2 Å². The SMILES string of the molecule is C[C@@H]1NC(=O)[C@@H]2CCCCN2C(=O)[C@@H]2CCCN2C(=O)[C@@H](NC(=O)[C@H](Cc2cc(F)cc(F)c2)NC(=O)CCCC2CCCCC2)COC(O)[C@@H]2CCCN2C1=O. The van der Waals surface area contributed by atoms with Crippen molar-refractivity contribution in [1.29, 1.82) is 0 Å². The van der Waals surface area contributed by atoms with Crippen molar-refractivity contribution < 1.29 is 47.4 Å². The Hall–Kier alpha value is -4.18. The van der Waals surface area contributed by atoms with Gasteiger partial charge in [-0.3, -0.25) is 28.8 Å². The second kappa shape index (κ2) is 19.5. The molecule has 5 fully saturated rings. The summed E-state index contributed by atoms with van der Waals surface area (Å²) in [6, 6.07) is -3.50. The van der Waals surface area contributed by atoms with Crippen LogP contribution >= 0.6 is 0 Å². The maximum atomic E-state index is 14.5. The van der Waals surface area contributed by atoms with Crippen LogP contribution in [0.2, 0.25) is 0 Å². The van der Waals surface area contributed by atoms with Crippen molar-refractivity contribution in [3.63, 3.8) is 0 Å². The van der Waals surface area contributed by atoms with Gasteiger partial charge in [0.25, 0.3) is 0 Å². The van der Waals surface area contributed by atoms with Crippen LogP contribution in [0.15, 0.2) is 18.2 Å². The van der Waals surface area contributed by atoms with E-state index in [2.05, 4.69) is 16.0 Å². The van der Waals surface area contributed by atoms with Crippen LogP contribution in [0, 0.1) is 17.6 Å². The number of benzene rings is 1. The molecule has 7 atom stereocenters. The molecule has 16 heteroatoms. The van der Waals surface area contributed by atoms with Gasteiger partial charge in [0.2, 0.25) is 35.4 Å². The first-order valence-electron chi connectivity index (χ1n) is 21.0.